The van der Waals surface area contributed by atoms with Gasteiger partial charge in [-0.1, -0.05) is 13.8 Å². The van der Waals surface area contributed by atoms with Crippen molar-refractivity contribution in [2.75, 3.05) is 20.3 Å². The number of carbonyl (C=O) groups is 2. The van der Waals surface area contributed by atoms with E-state index in [0.717, 1.165) is 17.4 Å². The van der Waals surface area contributed by atoms with E-state index >= 15 is 0 Å². The highest BCUT2D eigenvalue weighted by molar-refractivity contribution is 5.83. The van der Waals surface area contributed by atoms with Crippen LogP contribution in [0.2, 0.25) is 0 Å². The summed E-state index contributed by atoms with van der Waals surface area (Å²) >= 11 is 0. The van der Waals surface area contributed by atoms with E-state index in [1.165, 1.54) is 7.11 Å². The summed E-state index contributed by atoms with van der Waals surface area (Å²) in [4.78, 5) is 35.8. The van der Waals surface area contributed by atoms with E-state index in [9.17, 15) is 14.4 Å². The molecule has 0 spiro atoms. The molecule has 0 saturated heterocycles. The van der Waals surface area contributed by atoms with Crippen molar-refractivity contribution < 1.29 is 23.5 Å². The molecule has 0 bridgehead atoms. The Morgan fingerprint density at radius 3 is 2.68 bits per heavy atom. The van der Waals surface area contributed by atoms with E-state index in [2.05, 4.69) is 19.2 Å². The molecule has 0 atom stereocenters. The molecule has 0 fully saturated rings. The minimum atomic E-state index is -0.535. The molecule has 0 aliphatic carbocycles. The third kappa shape index (κ3) is 5.84. The van der Waals surface area contributed by atoms with Gasteiger partial charge in [0.2, 0.25) is 0 Å². The van der Waals surface area contributed by atoms with Crippen LogP contribution in [-0.4, -0.2) is 32.1 Å². The van der Waals surface area contributed by atoms with Gasteiger partial charge in [-0.2, -0.15) is 0 Å². The van der Waals surface area contributed by atoms with Gasteiger partial charge in [-0.15, -0.1) is 0 Å². The van der Waals surface area contributed by atoms with E-state index in [0.29, 0.717) is 29.4 Å². The number of nitrogens with one attached hydrogen (secondary N) is 1. The number of amides is 1. The first-order chi connectivity index (χ1) is 13.3. The Kier molecular flexibility index (Phi) is 7.61. The third-order valence-corrected chi connectivity index (χ3v) is 4.48. The zero-order valence-electron chi connectivity index (χ0n) is 16.8. The van der Waals surface area contributed by atoms with Crippen molar-refractivity contribution in [2.45, 2.75) is 40.0 Å². The number of rotatable bonds is 9. The van der Waals surface area contributed by atoms with Crippen molar-refractivity contribution in [1.82, 2.24) is 5.32 Å². The van der Waals surface area contributed by atoms with Crippen molar-refractivity contribution in [2.24, 2.45) is 5.92 Å². The van der Waals surface area contributed by atoms with E-state index in [1.54, 1.807) is 12.1 Å². The van der Waals surface area contributed by atoms with Gasteiger partial charge in [-0.3, -0.25) is 9.59 Å². The number of fused-ring (bicyclic) bond motifs is 1. The van der Waals surface area contributed by atoms with Gasteiger partial charge in [-0.25, -0.2) is 4.79 Å². The lowest BCUT2D eigenvalue weighted by Gasteiger charge is -2.09. The summed E-state index contributed by atoms with van der Waals surface area (Å²) in [6.07, 6.45) is 1.04. The normalized spacial score (nSPS) is 10.9. The summed E-state index contributed by atoms with van der Waals surface area (Å²) in [5, 5.41) is 3.48. The minimum absolute atomic E-state index is 0.00741. The molecule has 1 aromatic heterocycles. The molecule has 0 radical (unpaired) electrons. The van der Waals surface area contributed by atoms with Gasteiger partial charge in [0.25, 0.3) is 5.91 Å². The number of benzene rings is 1. The minimum Gasteiger partial charge on any atom is -0.497 e. The molecule has 7 heteroatoms. The summed E-state index contributed by atoms with van der Waals surface area (Å²) in [5.41, 5.74) is 1.13. The molecule has 2 aromatic rings. The number of aryl methyl sites for hydroxylation is 1. The van der Waals surface area contributed by atoms with Crippen LogP contribution in [0.4, 0.5) is 0 Å². The molecule has 1 amide bonds. The van der Waals surface area contributed by atoms with Crippen molar-refractivity contribution in [3.05, 3.63) is 39.7 Å². The average Bonchev–Trinajstić information content (AvgIpc) is 2.65. The van der Waals surface area contributed by atoms with Crippen LogP contribution in [0.5, 0.6) is 5.75 Å². The van der Waals surface area contributed by atoms with E-state index in [-0.39, 0.29) is 25.4 Å². The molecule has 0 aliphatic heterocycles. The standard InChI is InChI=1S/C21H27NO6/c1-13(2)9-10-22-19(23)12-27-20(24)8-7-17-14(3)16-6-5-15(26-4)11-18(16)28-21(17)25/h5-6,11,13H,7-10,12H2,1-4H3,(H,22,23). The predicted molar refractivity (Wildman–Crippen MR) is 106 cm³/mol. The van der Waals surface area contributed by atoms with Crippen LogP contribution in [0.25, 0.3) is 11.0 Å². The molecule has 0 aliphatic rings. The van der Waals surface area contributed by atoms with Gasteiger partial charge >= 0.3 is 11.6 Å². The zero-order chi connectivity index (χ0) is 20.7. The number of hydrogen-bond donors (Lipinski definition) is 1. The maximum atomic E-state index is 12.3. The fraction of sp³-hybridized carbons (Fsp3) is 0.476. The SMILES string of the molecule is COc1ccc2c(C)c(CCC(=O)OCC(=O)NCCC(C)C)c(=O)oc2c1. The summed E-state index contributed by atoms with van der Waals surface area (Å²) in [5.74, 6) is 0.218. The van der Waals surface area contributed by atoms with Crippen molar-refractivity contribution in [1.29, 1.82) is 0 Å². The van der Waals surface area contributed by atoms with E-state index in [4.69, 9.17) is 13.9 Å². The molecule has 28 heavy (non-hydrogen) atoms. The molecule has 1 N–H and O–H groups in total. The highest BCUT2D eigenvalue weighted by atomic mass is 16.5. The quantitative estimate of drug-likeness (QED) is 0.523. The Bertz CT molecular complexity index is 900. The lowest BCUT2D eigenvalue weighted by atomic mass is 10.0. The van der Waals surface area contributed by atoms with Crippen molar-refractivity contribution in [3.8, 4) is 5.75 Å². The zero-order valence-corrected chi connectivity index (χ0v) is 16.8. The topological polar surface area (TPSA) is 94.8 Å². The largest absolute Gasteiger partial charge is 0.497 e. The first kappa shape index (κ1) is 21.5. The average molecular weight is 389 g/mol. The number of ether oxygens (including phenoxy) is 2. The molecule has 0 saturated carbocycles. The van der Waals surface area contributed by atoms with Crippen LogP contribution in [0.15, 0.2) is 27.4 Å². The first-order valence-corrected chi connectivity index (χ1v) is 9.34. The number of methoxy groups -OCH3 is 1. The summed E-state index contributed by atoms with van der Waals surface area (Å²) in [7, 11) is 1.54. The summed E-state index contributed by atoms with van der Waals surface area (Å²) in [6.45, 7) is 6.18. The van der Waals surface area contributed by atoms with Crippen LogP contribution in [0, 0.1) is 12.8 Å². The third-order valence-electron chi connectivity index (χ3n) is 4.48. The second-order valence-corrected chi connectivity index (χ2v) is 7.05. The Labute approximate surface area is 164 Å². The smallest absolute Gasteiger partial charge is 0.339 e. The molecule has 1 heterocycles. The van der Waals surface area contributed by atoms with Crippen molar-refractivity contribution in [3.63, 3.8) is 0 Å². The fourth-order valence-corrected chi connectivity index (χ4v) is 2.79. The molecule has 2 rings (SSSR count). The molecule has 7 nitrogen and oxygen atoms in total. The van der Waals surface area contributed by atoms with Gasteiger partial charge in [0.1, 0.15) is 11.3 Å². The molecule has 1 aromatic carbocycles. The molecule has 0 unspecified atom stereocenters. The molecular weight excluding hydrogens is 362 g/mol. The highest BCUT2D eigenvalue weighted by Crippen LogP contribution is 2.24. The van der Waals surface area contributed by atoms with Gasteiger partial charge in [0, 0.05) is 30.0 Å². The van der Waals surface area contributed by atoms with Crippen LogP contribution in [0.1, 0.15) is 37.8 Å². The number of hydrogen-bond acceptors (Lipinski definition) is 6. The van der Waals surface area contributed by atoms with Gasteiger partial charge in [0.05, 0.1) is 7.11 Å². The maximum Gasteiger partial charge on any atom is 0.339 e. The van der Waals surface area contributed by atoms with E-state index in [1.807, 2.05) is 13.0 Å². The maximum absolute atomic E-state index is 12.3. The lowest BCUT2D eigenvalue weighted by Crippen LogP contribution is -2.30. The highest BCUT2D eigenvalue weighted by Gasteiger charge is 2.15. The second-order valence-electron chi connectivity index (χ2n) is 7.05. The second kappa shape index (κ2) is 9.92. The number of carbonyl (C=O) groups excluding carboxylic acids is 2. The van der Waals surface area contributed by atoms with Gasteiger partial charge in [0.15, 0.2) is 6.61 Å². The Hall–Kier alpha value is -2.83. The van der Waals surface area contributed by atoms with Gasteiger partial charge in [-0.05, 0) is 43.4 Å². The summed E-state index contributed by atoms with van der Waals surface area (Å²) in [6, 6.07) is 5.25. The van der Waals surface area contributed by atoms with Crippen LogP contribution < -0.4 is 15.7 Å². The predicted octanol–water partition coefficient (Wildman–Crippen LogP) is 2.75. The Balaban J connectivity index is 1.93. The summed E-state index contributed by atoms with van der Waals surface area (Å²) < 4.78 is 15.5. The Morgan fingerprint density at radius 1 is 1.25 bits per heavy atom. The first-order valence-electron chi connectivity index (χ1n) is 9.34. The van der Waals surface area contributed by atoms with Gasteiger partial charge < -0.3 is 19.2 Å². The fourth-order valence-electron chi connectivity index (χ4n) is 2.79. The van der Waals surface area contributed by atoms with Crippen LogP contribution in [0.3, 0.4) is 0 Å². The van der Waals surface area contributed by atoms with Crippen molar-refractivity contribution >= 4 is 22.8 Å². The van der Waals surface area contributed by atoms with Crippen LogP contribution >= 0.6 is 0 Å². The Morgan fingerprint density at radius 2 is 2.00 bits per heavy atom. The monoisotopic (exact) mass is 389 g/mol. The lowest BCUT2D eigenvalue weighted by molar-refractivity contribution is -0.148. The molecular formula is C21H27NO6. The van der Waals surface area contributed by atoms with Crippen LogP contribution in [-0.2, 0) is 20.7 Å². The van der Waals surface area contributed by atoms with E-state index < -0.39 is 11.6 Å². The molecule has 152 valence electrons. The number of esters is 1.